The van der Waals surface area contributed by atoms with Gasteiger partial charge in [-0.15, -0.1) is 4.98 Å². The smallest absolute Gasteiger partial charge is 0.328 e. The first kappa shape index (κ1) is 9.18. The molecule has 0 aliphatic carbocycles. The summed E-state index contributed by atoms with van der Waals surface area (Å²) in [6.07, 6.45) is 1.41. The Labute approximate surface area is 75.4 Å². The largest absolute Gasteiger partial charge is 0.479 e. The van der Waals surface area contributed by atoms with Crippen LogP contribution in [0.4, 0.5) is 0 Å². The summed E-state index contributed by atoms with van der Waals surface area (Å²) in [5.41, 5.74) is 0. The van der Waals surface area contributed by atoms with Crippen LogP contribution < -0.4 is 4.74 Å². The lowest BCUT2D eigenvalue weighted by molar-refractivity contribution is 0.371. The Balaban J connectivity index is 2.89. The highest BCUT2D eigenvalue weighted by Gasteiger charge is 2.03. The van der Waals surface area contributed by atoms with Crippen molar-refractivity contribution in [3.63, 3.8) is 0 Å². The van der Waals surface area contributed by atoms with Gasteiger partial charge in [-0.3, -0.25) is 0 Å². The van der Waals surface area contributed by atoms with E-state index in [0.717, 1.165) is 0 Å². The van der Waals surface area contributed by atoms with Gasteiger partial charge in [-0.1, -0.05) is 13.2 Å². The number of hydrogen-bond acceptors (Lipinski definition) is 5. The van der Waals surface area contributed by atoms with Crippen LogP contribution in [0.3, 0.4) is 0 Å². The van der Waals surface area contributed by atoms with E-state index in [1.165, 1.54) is 6.08 Å². The molecule has 0 atom stereocenters. The monoisotopic (exact) mass is 179 g/mol. The molecular weight excluding hydrogens is 170 g/mol. The minimum Gasteiger partial charge on any atom is -0.479 e. The molecule has 0 amide bonds. The Morgan fingerprint density at radius 3 is 2.69 bits per heavy atom. The van der Waals surface area contributed by atoms with E-state index in [9.17, 15) is 0 Å². The number of nitrogens with zero attached hydrogens (tertiary/aromatic N) is 3. The van der Waals surface area contributed by atoms with Gasteiger partial charge in [0.05, 0.1) is 0 Å². The summed E-state index contributed by atoms with van der Waals surface area (Å²) in [6.45, 7) is 8.56. The molecule has 0 aliphatic rings. The van der Waals surface area contributed by atoms with Crippen molar-refractivity contribution in [1.29, 1.82) is 0 Å². The van der Waals surface area contributed by atoms with Crippen molar-refractivity contribution in [3.8, 4) is 12.0 Å². The predicted molar refractivity (Wildman–Crippen MR) is 46.2 cm³/mol. The molecule has 1 heterocycles. The normalized spacial score (nSPS) is 9.31. The second-order valence-electron chi connectivity index (χ2n) is 2.24. The number of ether oxygens (including phenoxy) is 1. The summed E-state index contributed by atoms with van der Waals surface area (Å²) in [4.78, 5) is 10.9. The first-order chi connectivity index (χ1) is 6.11. The molecule has 0 saturated heterocycles. The fourth-order valence-corrected chi connectivity index (χ4v) is 0.648. The average Bonchev–Trinajstić information content (AvgIpc) is 2.02. The van der Waals surface area contributed by atoms with E-state index in [4.69, 9.17) is 9.84 Å². The molecule has 68 valence electrons. The van der Waals surface area contributed by atoms with Gasteiger partial charge in [0.25, 0.3) is 0 Å². The Bertz CT molecular complexity index is 329. The lowest BCUT2D eigenvalue weighted by Crippen LogP contribution is -1.99. The zero-order chi connectivity index (χ0) is 9.84. The van der Waals surface area contributed by atoms with E-state index in [1.807, 2.05) is 0 Å². The fraction of sp³-hybridized carbons (Fsp3) is 0.125. The Morgan fingerprint density at radius 2 is 2.15 bits per heavy atom. The van der Waals surface area contributed by atoms with Gasteiger partial charge in [-0.2, -0.15) is 9.97 Å². The second kappa shape index (κ2) is 3.66. The van der Waals surface area contributed by atoms with Crippen LogP contribution in [0.5, 0.6) is 12.0 Å². The van der Waals surface area contributed by atoms with E-state index in [0.29, 0.717) is 11.6 Å². The second-order valence-corrected chi connectivity index (χ2v) is 2.24. The third-order valence-electron chi connectivity index (χ3n) is 1.16. The molecule has 1 N–H and O–H groups in total. The van der Waals surface area contributed by atoms with Crippen molar-refractivity contribution in [2.24, 2.45) is 0 Å². The molecule has 1 aromatic rings. The molecule has 0 fully saturated rings. The molecule has 0 bridgehead atoms. The topological polar surface area (TPSA) is 68.1 Å². The number of rotatable bonds is 3. The Kier molecular flexibility index (Phi) is 2.59. The molecule has 0 aliphatic heterocycles. The van der Waals surface area contributed by atoms with Crippen LogP contribution in [0.15, 0.2) is 25.0 Å². The van der Waals surface area contributed by atoms with Gasteiger partial charge in [0.1, 0.15) is 11.6 Å². The standard InChI is InChI=1S/C8H9N3O2/c1-4-5(2)13-8-10-6(3)9-7(12)11-8/h4H,1-2H2,3H3,(H,9,10,11,12). The van der Waals surface area contributed by atoms with Gasteiger partial charge in [-0.05, 0) is 13.0 Å². The summed E-state index contributed by atoms with van der Waals surface area (Å²) in [5.74, 6) is 0.685. The minimum atomic E-state index is -0.376. The molecule has 13 heavy (non-hydrogen) atoms. The highest BCUT2D eigenvalue weighted by Crippen LogP contribution is 2.09. The van der Waals surface area contributed by atoms with Crippen LogP contribution in [0.25, 0.3) is 0 Å². The third kappa shape index (κ3) is 2.55. The Morgan fingerprint density at radius 1 is 1.46 bits per heavy atom. The van der Waals surface area contributed by atoms with Gasteiger partial charge >= 0.3 is 12.0 Å². The van der Waals surface area contributed by atoms with Crippen LogP contribution in [0.1, 0.15) is 5.82 Å². The van der Waals surface area contributed by atoms with Gasteiger partial charge in [-0.25, -0.2) is 0 Å². The van der Waals surface area contributed by atoms with Crippen molar-refractivity contribution in [2.45, 2.75) is 6.92 Å². The SMILES string of the molecule is C=CC(=C)Oc1nc(C)nc(O)n1. The first-order valence-corrected chi connectivity index (χ1v) is 3.52. The summed E-state index contributed by atoms with van der Waals surface area (Å²) in [5, 5.41) is 8.98. The maximum absolute atomic E-state index is 8.98. The van der Waals surface area contributed by atoms with Gasteiger partial charge in [0, 0.05) is 0 Å². The molecule has 0 radical (unpaired) electrons. The van der Waals surface area contributed by atoms with Crippen molar-refractivity contribution < 1.29 is 9.84 Å². The summed E-state index contributed by atoms with van der Waals surface area (Å²) >= 11 is 0. The predicted octanol–water partition coefficient (Wildman–Crippen LogP) is 0.964. The molecule has 5 heteroatoms. The Hall–Kier alpha value is -1.91. The van der Waals surface area contributed by atoms with Gasteiger partial charge in [0.15, 0.2) is 0 Å². The lowest BCUT2D eigenvalue weighted by atomic mass is 10.5. The fourth-order valence-electron chi connectivity index (χ4n) is 0.648. The zero-order valence-corrected chi connectivity index (χ0v) is 7.19. The third-order valence-corrected chi connectivity index (χ3v) is 1.16. The molecule has 1 aromatic heterocycles. The maximum atomic E-state index is 8.98. The highest BCUT2D eigenvalue weighted by atomic mass is 16.5. The van der Waals surface area contributed by atoms with Crippen molar-refractivity contribution in [3.05, 3.63) is 30.8 Å². The molecule has 1 rings (SSSR count). The van der Waals surface area contributed by atoms with E-state index >= 15 is 0 Å². The average molecular weight is 179 g/mol. The molecule has 5 nitrogen and oxygen atoms in total. The zero-order valence-electron chi connectivity index (χ0n) is 7.19. The first-order valence-electron chi connectivity index (χ1n) is 3.52. The van der Waals surface area contributed by atoms with Crippen molar-refractivity contribution in [2.75, 3.05) is 0 Å². The van der Waals surface area contributed by atoms with Crippen LogP contribution in [-0.4, -0.2) is 20.1 Å². The summed E-state index contributed by atoms with van der Waals surface area (Å²) in [6, 6.07) is -0.366. The number of hydrogen-bond donors (Lipinski definition) is 1. The molecule has 0 saturated carbocycles. The van der Waals surface area contributed by atoms with Crippen molar-refractivity contribution in [1.82, 2.24) is 15.0 Å². The number of allylic oxidation sites excluding steroid dienone is 1. The maximum Gasteiger partial charge on any atom is 0.328 e. The van der Waals surface area contributed by atoms with E-state index in [1.54, 1.807) is 6.92 Å². The van der Waals surface area contributed by atoms with E-state index in [-0.39, 0.29) is 12.0 Å². The molecular formula is C8H9N3O2. The van der Waals surface area contributed by atoms with Crippen LogP contribution >= 0.6 is 0 Å². The molecule has 0 aromatic carbocycles. The quantitative estimate of drug-likeness (QED) is 0.553. The molecule has 0 unspecified atom stereocenters. The van der Waals surface area contributed by atoms with Gasteiger partial charge in [0.2, 0.25) is 0 Å². The van der Waals surface area contributed by atoms with Crippen LogP contribution in [0, 0.1) is 6.92 Å². The highest BCUT2D eigenvalue weighted by molar-refractivity contribution is 5.11. The summed E-state index contributed by atoms with van der Waals surface area (Å²) < 4.78 is 4.99. The number of aryl methyl sites for hydroxylation is 1. The number of aromatic nitrogens is 3. The van der Waals surface area contributed by atoms with E-state index < -0.39 is 0 Å². The van der Waals surface area contributed by atoms with Gasteiger partial charge < -0.3 is 9.84 Å². The van der Waals surface area contributed by atoms with Crippen LogP contribution in [0.2, 0.25) is 0 Å². The minimum absolute atomic E-state index is 0.00917. The van der Waals surface area contributed by atoms with Crippen LogP contribution in [-0.2, 0) is 0 Å². The lowest BCUT2D eigenvalue weighted by Gasteiger charge is -2.02. The number of aromatic hydroxyl groups is 1. The van der Waals surface area contributed by atoms with E-state index in [2.05, 4.69) is 28.1 Å². The molecule has 0 spiro atoms. The summed E-state index contributed by atoms with van der Waals surface area (Å²) in [7, 11) is 0. The van der Waals surface area contributed by atoms with Crippen molar-refractivity contribution >= 4 is 0 Å².